The van der Waals surface area contributed by atoms with Crippen molar-refractivity contribution in [2.24, 2.45) is 39.9 Å². The number of amides is 4. The Morgan fingerprint density at radius 2 is 0.811 bits per heavy atom. The molecule has 0 radical (unpaired) electrons. The maximum atomic E-state index is 15.1. The Labute approximate surface area is 449 Å². The molecule has 0 aliphatic rings. The number of rotatable bonds is 45. The van der Waals surface area contributed by atoms with Crippen molar-refractivity contribution < 1.29 is 38.4 Å². The Kier molecular flexibility index (Phi) is 35.4. The molecule has 0 aliphatic carbocycles. The molecule has 4 atom stereocenters. The van der Waals surface area contributed by atoms with Gasteiger partial charge in [-0.25, -0.2) is 0 Å². The van der Waals surface area contributed by atoms with Crippen LogP contribution in [0.4, 0.5) is 0 Å². The SMILES string of the molecule is CCCCNCC(=O)C(CC(=O)NCCN(C)CCN(C)C)CC(C)(C)C(=O)CC(CC(C)(C)C(=O)C(CC(=O)NCCCC)CC(C)(C)C(=O)CC(CC)C(=O)NCCCC)C(=O)NCCN(C)CCN(C)C. The van der Waals surface area contributed by atoms with Crippen molar-refractivity contribution in [2.75, 3.05) is 121 Å². The Balaban J connectivity index is 6.95. The fourth-order valence-electron chi connectivity index (χ4n) is 9.02. The first-order chi connectivity index (χ1) is 34.6. The Morgan fingerprint density at radius 3 is 1.30 bits per heavy atom. The Bertz CT molecular complexity index is 1700. The molecule has 0 aromatic carbocycles. The molecule has 0 rings (SSSR count). The molecule has 17 heteroatoms. The molecule has 0 aromatic heterocycles. The van der Waals surface area contributed by atoms with E-state index in [-0.39, 0.29) is 98.3 Å². The summed E-state index contributed by atoms with van der Waals surface area (Å²) in [6.07, 6.45) is 5.33. The summed E-state index contributed by atoms with van der Waals surface area (Å²) in [6, 6.07) is 0. The summed E-state index contributed by atoms with van der Waals surface area (Å²) in [4.78, 5) is 121. The van der Waals surface area contributed by atoms with Crippen molar-refractivity contribution in [1.82, 2.24) is 46.2 Å². The van der Waals surface area contributed by atoms with E-state index in [4.69, 9.17) is 0 Å². The lowest BCUT2D eigenvalue weighted by Crippen LogP contribution is -2.44. The van der Waals surface area contributed by atoms with Gasteiger partial charge in [0.15, 0.2) is 0 Å². The van der Waals surface area contributed by atoms with E-state index in [1.807, 2.05) is 63.1 Å². The number of Topliss-reactive ketones (excluding diaryl/α,β-unsaturated/α-hetero) is 4. The summed E-state index contributed by atoms with van der Waals surface area (Å²) < 4.78 is 0. The Hall–Kier alpha value is -3.64. The highest BCUT2D eigenvalue weighted by Crippen LogP contribution is 2.40. The van der Waals surface area contributed by atoms with Gasteiger partial charge < -0.3 is 46.2 Å². The van der Waals surface area contributed by atoms with E-state index in [1.54, 1.807) is 41.5 Å². The van der Waals surface area contributed by atoms with Crippen molar-refractivity contribution in [3.05, 3.63) is 0 Å². The molecule has 4 amide bonds. The third-order valence-corrected chi connectivity index (χ3v) is 14.4. The molecule has 430 valence electrons. The van der Waals surface area contributed by atoms with Crippen molar-refractivity contribution in [1.29, 1.82) is 0 Å². The van der Waals surface area contributed by atoms with E-state index in [2.05, 4.69) is 53.1 Å². The average molecular weight is 1050 g/mol. The molecule has 0 aliphatic heterocycles. The predicted octanol–water partition coefficient (Wildman–Crippen LogP) is 5.39. The lowest BCUT2D eigenvalue weighted by atomic mass is 9.67. The monoisotopic (exact) mass is 1050 g/mol. The zero-order valence-electron chi connectivity index (χ0n) is 49.7. The van der Waals surface area contributed by atoms with Gasteiger partial charge in [-0.3, -0.25) is 38.4 Å². The number of hydrogen-bond acceptors (Lipinski definition) is 13. The van der Waals surface area contributed by atoms with Gasteiger partial charge in [0.05, 0.1) is 6.54 Å². The lowest BCUT2D eigenvalue weighted by Gasteiger charge is -2.35. The number of likely N-dealkylation sites (N-methyl/N-ethyl adjacent to an activating group) is 4. The van der Waals surface area contributed by atoms with Crippen LogP contribution in [0.2, 0.25) is 0 Å². The summed E-state index contributed by atoms with van der Waals surface area (Å²) >= 11 is 0. The highest BCUT2D eigenvalue weighted by molar-refractivity contribution is 5.95. The summed E-state index contributed by atoms with van der Waals surface area (Å²) in [6.45, 7) is 25.4. The molecule has 0 saturated carbocycles. The topological polar surface area (TPSA) is 210 Å². The fourth-order valence-corrected chi connectivity index (χ4v) is 9.02. The van der Waals surface area contributed by atoms with Gasteiger partial charge in [-0.1, -0.05) is 88.5 Å². The van der Waals surface area contributed by atoms with Gasteiger partial charge in [-0.05, 0) is 93.8 Å². The number of ketones is 4. The Morgan fingerprint density at radius 1 is 0.419 bits per heavy atom. The largest absolute Gasteiger partial charge is 0.356 e. The molecule has 0 spiro atoms. The summed E-state index contributed by atoms with van der Waals surface area (Å²) in [5.41, 5.74) is -3.46. The fraction of sp³-hybridized carbons (Fsp3) is 0.860. The van der Waals surface area contributed by atoms with Gasteiger partial charge in [0, 0.05) is 131 Å². The second kappa shape index (κ2) is 37.2. The molecular weight excluding hydrogens is 939 g/mol. The smallest absolute Gasteiger partial charge is 0.223 e. The van der Waals surface area contributed by atoms with Gasteiger partial charge in [-0.2, -0.15) is 0 Å². The van der Waals surface area contributed by atoms with Crippen LogP contribution >= 0.6 is 0 Å². The normalized spacial score (nSPS) is 13.9. The molecule has 0 aromatic rings. The minimum absolute atomic E-state index is 0.000322. The highest BCUT2D eigenvalue weighted by Gasteiger charge is 2.44. The lowest BCUT2D eigenvalue weighted by molar-refractivity contribution is -0.141. The quantitative estimate of drug-likeness (QED) is 0.0486. The van der Waals surface area contributed by atoms with Crippen LogP contribution in [0.1, 0.15) is 159 Å². The van der Waals surface area contributed by atoms with Gasteiger partial charge in [0.1, 0.15) is 23.1 Å². The first kappa shape index (κ1) is 70.4. The van der Waals surface area contributed by atoms with Crippen LogP contribution in [0.3, 0.4) is 0 Å². The van der Waals surface area contributed by atoms with E-state index < -0.39 is 39.9 Å². The molecule has 4 unspecified atom stereocenters. The standard InChI is InChI=1S/C57H109N9O8/c1-17-21-24-58-42-47(67)44(37-50(70)60-27-29-65(15)33-31-63(11)12)39-55(5,6)49(69)36-46(54(74)62-28-30-66(16)34-32-64(13)14)41-57(9,10)52(72)45(38-51(71)59-25-22-18-2)40-56(7,8)48(68)35-43(20-4)53(73)61-26-23-19-3/h43-46,58H,17-42H2,1-16H3,(H,59,71)(H,60,70)(H,61,73)(H,62,74). The third-order valence-electron chi connectivity index (χ3n) is 14.4. The van der Waals surface area contributed by atoms with Crippen LogP contribution in [-0.4, -0.2) is 187 Å². The second-order valence-corrected chi connectivity index (χ2v) is 23.7. The van der Waals surface area contributed by atoms with E-state index in [9.17, 15) is 33.6 Å². The number of nitrogens with one attached hydrogen (secondary N) is 5. The summed E-state index contributed by atoms with van der Waals surface area (Å²) in [5, 5.41) is 15.1. The van der Waals surface area contributed by atoms with Crippen molar-refractivity contribution >= 4 is 46.8 Å². The molecule has 0 heterocycles. The van der Waals surface area contributed by atoms with Crippen LogP contribution < -0.4 is 26.6 Å². The predicted molar refractivity (Wildman–Crippen MR) is 300 cm³/mol. The number of carbonyl (C=O) groups is 8. The van der Waals surface area contributed by atoms with Crippen LogP contribution in [0.5, 0.6) is 0 Å². The maximum Gasteiger partial charge on any atom is 0.223 e. The minimum atomic E-state index is -1.24. The molecule has 0 fully saturated rings. The molecule has 0 bridgehead atoms. The van der Waals surface area contributed by atoms with Crippen molar-refractivity contribution in [3.8, 4) is 0 Å². The summed E-state index contributed by atoms with van der Waals surface area (Å²) in [7, 11) is 12.0. The number of carbonyl (C=O) groups excluding carboxylic acids is 8. The number of nitrogens with zero attached hydrogens (tertiary/aromatic N) is 4. The molecule has 5 N–H and O–H groups in total. The second-order valence-electron chi connectivity index (χ2n) is 23.7. The first-order valence-corrected chi connectivity index (χ1v) is 28.2. The molecule has 0 saturated heterocycles. The van der Waals surface area contributed by atoms with E-state index in [0.29, 0.717) is 52.2 Å². The van der Waals surface area contributed by atoms with E-state index >= 15 is 4.79 Å². The van der Waals surface area contributed by atoms with Crippen LogP contribution in [0.15, 0.2) is 0 Å². The van der Waals surface area contributed by atoms with E-state index in [1.165, 1.54) is 0 Å². The van der Waals surface area contributed by atoms with Crippen molar-refractivity contribution in [3.63, 3.8) is 0 Å². The molecule has 17 nitrogen and oxygen atoms in total. The van der Waals surface area contributed by atoms with Gasteiger partial charge in [0.2, 0.25) is 23.6 Å². The maximum absolute atomic E-state index is 15.1. The summed E-state index contributed by atoms with van der Waals surface area (Å²) in [5.74, 6) is -5.21. The number of unbranched alkanes of at least 4 members (excludes halogenated alkanes) is 3. The van der Waals surface area contributed by atoms with Gasteiger partial charge in [-0.15, -0.1) is 0 Å². The molecular formula is C57H109N9O8. The van der Waals surface area contributed by atoms with E-state index in [0.717, 1.165) is 64.7 Å². The molecule has 74 heavy (non-hydrogen) atoms. The van der Waals surface area contributed by atoms with Crippen molar-refractivity contribution in [2.45, 2.75) is 159 Å². The van der Waals surface area contributed by atoms with Crippen LogP contribution in [0.25, 0.3) is 0 Å². The van der Waals surface area contributed by atoms with Crippen LogP contribution in [-0.2, 0) is 38.4 Å². The highest BCUT2D eigenvalue weighted by atomic mass is 16.2. The number of hydrogen-bond donors (Lipinski definition) is 5. The van der Waals surface area contributed by atoms with Gasteiger partial charge in [0.25, 0.3) is 0 Å². The van der Waals surface area contributed by atoms with Crippen LogP contribution in [0, 0.1) is 39.9 Å². The zero-order chi connectivity index (χ0) is 56.7. The zero-order valence-corrected chi connectivity index (χ0v) is 49.7. The minimum Gasteiger partial charge on any atom is -0.356 e. The average Bonchev–Trinajstić information content (AvgIpc) is 3.31. The third kappa shape index (κ3) is 30.2. The van der Waals surface area contributed by atoms with Gasteiger partial charge >= 0.3 is 0 Å². The first-order valence-electron chi connectivity index (χ1n) is 28.2.